The van der Waals surface area contributed by atoms with Gasteiger partial charge in [-0.05, 0) is 57.0 Å². The van der Waals surface area contributed by atoms with Gasteiger partial charge in [-0.1, -0.05) is 35.4 Å². The normalized spacial score (nSPS) is 11.3. The first-order valence-corrected chi connectivity index (χ1v) is 10.8. The zero-order valence-corrected chi connectivity index (χ0v) is 18.1. The highest BCUT2D eigenvalue weighted by molar-refractivity contribution is 7.91. The Balaban J connectivity index is 1.88. The van der Waals surface area contributed by atoms with Gasteiger partial charge in [0.2, 0.25) is 15.7 Å². The summed E-state index contributed by atoms with van der Waals surface area (Å²) >= 11 is 0. The van der Waals surface area contributed by atoms with Gasteiger partial charge in [-0.15, -0.1) is 0 Å². The number of aromatic nitrogens is 2. The lowest BCUT2D eigenvalue weighted by atomic mass is 10.1. The molecule has 0 fully saturated rings. The topological polar surface area (TPSA) is 98.1 Å². The van der Waals surface area contributed by atoms with Crippen molar-refractivity contribution in [2.45, 2.75) is 44.2 Å². The van der Waals surface area contributed by atoms with E-state index in [0.29, 0.717) is 5.69 Å². The second kappa shape index (κ2) is 8.23. The van der Waals surface area contributed by atoms with E-state index in [4.69, 9.17) is 0 Å². The van der Waals surface area contributed by atoms with Crippen LogP contribution >= 0.6 is 0 Å². The number of benzene rings is 2. The van der Waals surface area contributed by atoms with E-state index in [0.717, 1.165) is 39.1 Å². The molecule has 8 heteroatoms. The van der Waals surface area contributed by atoms with Gasteiger partial charge in [0.05, 0.1) is 4.90 Å². The molecule has 0 spiro atoms. The number of anilines is 1. The molecule has 0 radical (unpaired) electrons. The molecule has 1 aromatic heterocycles. The van der Waals surface area contributed by atoms with Crippen molar-refractivity contribution >= 4 is 21.4 Å². The zero-order valence-electron chi connectivity index (χ0n) is 17.3. The van der Waals surface area contributed by atoms with E-state index in [2.05, 4.69) is 10.4 Å². The van der Waals surface area contributed by atoms with Crippen LogP contribution in [0.15, 0.2) is 63.2 Å². The standard InChI is InChI=1S/C22H23N3O4S/c1-14-5-7-18(8-6-14)30(28,29)20-9-10-21(27)25(24-20)13-19(26)23-22-16(3)11-15(2)12-17(22)4/h5-12H,13H2,1-4H3,(H,23,26). The van der Waals surface area contributed by atoms with Crippen molar-refractivity contribution in [2.75, 3.05) is 5.32 Å². The molecular formula is C22H23N3O4S. The summed E-state index contributed by atoms with van der Waals surface area (Å²) in [6.45, 7) is 7.19. The van der Waals surface area contributed by atoms with Gasteiger partial charge in [0.1, 0.15) is 6.54 Å². The molecule has 0 atom stereocenters. The predicted octanol–water partition coefficient (Wildman–Crippen LogP) is 2.95. The highest BCUT2D eigenvalue weighted by Crippen LogP contribution is 2.22. The van der Waals surface area contributed by atoms with E-state index in [-0.39, 0.29) is 9.92 Å². The van der Waals surface area contributed by atoms with Crippen molar-refractivity contribution in [2.24, 2.45) is 0 Å². The van der Waals surface area contributed by atoms with E-state index >= 15 is 0 Å². The minimum Gasteiger partial charge on any atom is -0.324 e. The first-order chi connectivity index (χ1) is 14.1. The van der Waals surface area contributed by atoms with Crippen LogP contribution in [-0.4, -0.2) is 24.1 Å². The minimum atomic E-state index is -3.91. The second-order valence-corrected chi connectivity index (χ2v) is 9.20. The summed E-state index contributed by atoms with van der Waals surface area (Å²) < 4.78 is 26.5. The molecule has 7 nitrogen and oxygen atoms in total. The number of sulfone groups is 1. The molecule has 3 aromatic rings. The highest BCUT2D eigenvalue weighted by atomic mass is 32.2. The first-order valence-electron chi connectivity index (χ1n) is 9.35. The fraction of sp³-hybridized carbons (Fsp3) is 0.227. The maximum absolute atomic E-state index is 12.8. The summed E-state index contributed by atoms with van der Waals surface area (Å²) in [7, 11) is -3.91. The zero-order chi connectivity index (χ0) is 22.1. The smallest absolute Gasteiger partial charge is 0.267 e. The largest absolute Gasteiger partial charge is 0.324 e. The van der Waals surface area contributed by atoms with E-state index < -0.39 is 27.8 Å². The SMILES string of the molecule is Cc1ccc(S(=O)(=O)c2ccc(=O)n(CC(=O)Nc3c(C)cc(C)cc3C)n2)cc1. The van der Waals surface area contributed by atoms with Gasteiger partial charge < -0.3 is 5.32 Å². The van der Waals surface area contributed by atoms with Crippen LogP contribution in [0.2, 0.25) is 0 Å². The van der Waals surface area contributed by atoms with E-state index in [9.17, 15) is 18.0 Å². The minimum absolute atomic E-state index is 0.0705. The maximum Gasteiger partial charge on any atom is 0.267 e. The number of carbonyl (C=O) groups is 1. The molecule has 2 aromatic carbocycles. The Morgan fingerprint density at radius 2 is 1.53 bits per heavy atom. The summed E-state index contributed by atoms with van der Waals surface area (Å²) in [5.41, 5.74) is 3.90. The number of nitrogens with zero attached hydrogens (tertiary/aromatic N) is 2. The lowest BCUT2D eigenvalue weighted by Crippen LogP contribution is -2.30. The molecule has 156 valence electrons. The van der Waals surface area contributed by atoms with Crippen molar-refractivity contribution < 1.29 is 13.2 Å². The summed E-state index contributed by atoms with van der Waals surface area (Å²) in [4.78, 5) is 24.8. The molecule has 1 amide bonds. The number of rotatable bonds is 5. The van der Waals surface area contributed by atoms with Gasteiger partial charge in [-0.3, -0.25) is 9.59 Å². The molecule has 0 aliphatic rings. The predicted molar refractivity (Wildman–Crippen MR) is 114 cm³/mol. The van der Waals surface area contributed by atoms with Crippen LogP contribution in [0.1, 0.15) is 22.3 Å². The molecule has 0 saturated heterocycles. The number of nitrogens with one attached hydrogen (secondary N) is 1. The monoisotopic (exact) mass is 425 g/mol. The lowest BCUT2D eigenvalue weighted by molar-refractivity contribution is -0.117. The van der Waals surface area contributed by atoms with E-state index in [1.54, 1.807) is 12.1 Å². The van der Waals surface area contributed by atoms with Crippen LogP contribution in [0.3, 0.4) is 0 Å². The van der Waals surface area contributed by atoms with Crippen molar-refractivity contribution in [3.63, 3.8) is 0 Å². The maximum atomic E-state index is 12.8. The second-order valence-electron chi connectivity index (χ2n) is 7.31. The molecule has 30 heavy (non-hydrogen) atoms. The number of hydrogen-bond donors (Lipinski definition) is 1. The number of hydrogen-bond acceptors (Lipinski definition) is 5. The summed E-state index contributed by atoms with van der Waals surface area (Å²) in [6, 6.07) is 12.5. The average molecular weight is 426 g/mol. The van der Waals surface area contributed by atoms with Crippen LogP contribution in [0.25, 0.3) is 0 Å². The van der Waals surface area contributed by atoms with Gasteiger partial charge in [0.15, 0.2) is 5.03 Å². The number of aryl methyl sites for hydroxylation is 4. The Kier molecular flexibility index (Phi) is 5.89. The van der Waals surface area contributed by atoms with Gasteiger partial charge in [0, 0.05) is 11.8 Å². The molecule has 0 saturated carbocycles. The van der Waals surface area contributed by atoms with Crippen LogP contribution in [0.5, 0.6) is 0 Å². The Morgan fingerprint density at radius 1 is 0.933 bits per heavy atom. The first kappa shape index (κ1) is 21.4. The van der Waals surface area contributed by atoms with Gasteiger partial charge >= 0.3 is 0 Å². The van der Waals surface area contributed by atoms with Crippen LogP contribution in [-0.2, 0) is 21.2 Å². The molecule has 0 bridgehead atoms. The average Bonchev–Trinajstić information content (AvgIpc) is 2.66. The number of carbonyl (C=O) groups excluding carboxylic acids is 1. The summed E-state index contributed by atoms with van der Waals surface area (Å²) in [5, 5.41) is 6.44. The van der Waals surface area contributed by atoms with E-state index in [1.807, 2.05) is 39.8 Å². The van der Waals surface area contributed by atoms with Crippen LogP contribution in [0, 0.1) is 27.7 Å². The molecule has 3 rings (SSSR count). The van der Waals surface area contributed by atoms with Crippen LogP contribution < -0.4 is 10.9 Å². The third-order valence-corrected chi connectivity index (χ3v) is 6.34. The van der Waals surface area contributed by atoms with Crippen molar-refractivity contribution in [1.82, 2.24) is 9.78 Å². The highest BCUT2D eigenvalue weighted by Gasteiger charge is 2.21. The molecule has 0 unspecified atom stereocenters. The van der Waals surface area contributed by atoms with Crippen molar-refractivity contribution in [3.05, 3.63) is 81.1 Å². The molecular weight excluding hydrogens is 402 g/mol. The Morgan fingerprint density at radius 3 is 2.13 bits per heavy atom. The molecule has 0 aliphatic heterocycles. The molecule has 1 N–H and O–H groups in total. The Hall–Kier alpha value is -3.26. The lowest BCUT2D eigenvalue weighted by Gasteiger charge is -2.13. The Bertz CT molecular complexity index is 1250. The molecule has 1 heterocycles. The third-order valence-electron chi connectivity index (χ3n) is 4.68. The van der Waals surface area contributed by atoms with Gasteiger partial charge in [-0.2, -0.15) is 5.10 Å². The van der Waals surface area contributed by atoms with Gasteiger partial charge in [0.25, 0.3) is 5.56 Å². The number of amides is 1. The van der Waals surface area contributed by atoms with Gasteiger partial charge in [-0.25, -0.2) is 13.1 Å². The quantitative estimate of drug-likeness (QED) is 0.678. The Labute approximate surface area is 175 Å². The van der Waals surface area contributed by atoms with E-state index in [1.165, 1.54) is 12.1 Å². The fourth-order valence-electron chi connectivity index (χ4n) is 3.22. The summed E-state index contributed by atoms with van der Waals surface area (Å²) in [5.74, 6) is -0.468. The van der Waals surface area contributed by atoms with Crippen LogP contribution in [0.4, 0.5) is 5.69 Å². The summed E-state index contributed by atoms with van der Waals surface area (Å²) in [6.07, 6.45) is 0. The van der Waals surface area contributed by atoms with Crippen molar-refractivity contribution in [1.29, 1.82) is 0 Å². The fourth-order valence-corrected chi connectivity index (χ4v) is 4.41. The van der Waals surface area contributed by atoms with Crippen molar-refractivity contribution in [3.8, 4) is 0 Å². The molecule has 0 aliphatic carbocycles. The third kappa shape index (κ3) is 4.49.